The molecule has 1 aliphatic rings. The molecule has 1 fully saturated rings. The fourth-order valence-corrected chi connectivity index (χ4v) is 2.67. The molecule has 4 heteroatoms. The van der Waals surface area contributed by atoms with Gasteiger partial charge in [-0.3, -0.25) is 0 Å². The molecule has 0 heterocycles. The van der Waals surface area contributed by atoms with Gasteiger partial charge in [0.15, 0.2) is 0 Å². The summed E-state index contributed by atoms with van der Waals surface area (Å²) in [6, 6.07) is 0.170. The Morgan fingerprint density at radius 2 is 1.80 bits per heavy atom. The van der Waals surface area contributed by atoms with Crippen LogP contribution in [0.1, 0.15) is 26.2 Å². The van der Waals surface area contributed by atoms with E-state index >= 15 is 0 Å². The quantitative estimate of drug-likeness (QED) is 0.494. The van der Waals surface area contributed by atoms with Gasteiger partial charge in [-0.05, 0) is 39.9 Å². The van der Waals surface area contributed by atoms with Crippen molar-refractivity contribution in [1.29, 1.82) is 0 Å². The molecule has 3 atom stereocenters. The van der Waals surface area contributed by atoms with E-state index in [1.165, 1.54) is 0 Å². The van der Waals surface area contributed by atoms with Crippen molar-refractivity contribution in [2.24, 2.45) is 5.92 Å². The summed E-state index contributed by atoms with van der Waals surface area (Å²) in [5, 5.41) is 20.1. The highest BCUT2D eigenvalue weighted by Crippen LogP contribution is 2.32. The van der Waals surface area contributed by atoms with Gasteiger partial charge < -0.3 is 21.1 Å². The maximum absolute atomic E-state index is 10.1. The molecule has 0 aromatic heterocycles. The van der Waals surface area contributed by atoms with E-state index in [0.29, 0.717) is 5.92 Å². The van der Waals surface area contributed by atoms with Crippen molar-refractivity contribution >= 4 is 0 Å². The van der Waals surface area contributed by atoms with Gasteiger partial charge in [0.2, 0.25) is 0 Å². The van der Waals surface area contributed by atoms with Crippen LogP contribution in [0, 0.1) is 5.92 Å². The summed E-state index contributed by atoms with van der Waals surface area (Å²) in [6.45, 7) is 2.14. The minimum Gasteiger partial charge on any atom is -0.391 e. The van der Waals surface area contributed by atoms with Crippen molar-refractivity contribution in [1.82, 2.24) is 16.0 Å². The molecule has 15 heavy (non-hydrogen) atoms. The molecule has 4 N–H and O–H groups in total. The monoisotopic (exact) mass is 215 g/mol. The number of aliphatic hydroxyl groups is 1. The third kappa shape index (κ3) is 2.50. The standard InChI is InChI=1S/C11H25N3O/c1-5-8-6-11(13-3,14-4)7-9(12-2)10(8)15/h8-10,12-15H,5-7H2,1-4H3. The van der Waals surface area contributed by atoms with Gasteiger partial charge >= 0.3 is 0 Å². The molecule has 0 spiro atoms. The minimum atomic E-state index is -0.227. The number of likely N-dealkylation sites (N-methyl/N-ethyl adjacent to an activating group) is 1. The average molecular weight is 215 g/mol. The van der Waals surface area contributed by atoms with Gasteiger partial charge in [-0.2, -0.15) is 0 Å². The summed E-state index contributed by atoms with van der Waals surface area (Å²) in [5.74, 6) is 0.357. The molecular weight excluding hydrogens is 190 g/mol. The molecule has 3 unspecified atom stereocenters. The lowest BCUT2D eigenvalue weighted by Crippen LogP contribution is -2.64. The maximum Gasteiger partial charge on any atom is 0.0723 e. The van der Waals surface area contributed by atoms with Crippen molar-refractivity contribution in [2.45, 2.75) is 44.0 Å². The van der Waals surface area contributed by atoms with Crippen LogP contribution in [-0.2, 0) is 0 Å². The van der Waals surface area contributed by atoms with Crippen LogP contribution in [0.25, 0.3) is 0 Å². The molecule has 4 nitrogen and oxygen atoms in total. The minimum absolute atomic E-state index is 0.0341. The first-order valence-corrected chi connectivity index (χ1v) is 5.85. The van der Waals surface area contributed by atoms with E-state index in [9.17, 15) is 5.11 Å². The molecule has 0 saturated heterocycles. The van der Waals surface area contributed by atoms with Crippen LogP contribution < -0.4 is 16.0 Å². The predicted molar refractivity (Wildman–Crippen MR) is 62.7 cm³/mol. The second-order valence-corrected chi connectivity index (χ2v) is 4.54. The van der Waals surface area contributed by atoms with E-state index in [0.717, 1.165) is 19.3 Å². The van der Waals surface area contributed by atoms with E-state index in [-0.39, 0.29) is 17.8 Å². The fourth-order valence-electron chi connectivity index (χ4n) is 2.67. The van der Waals surface area contributed by atoms with E-state index in [4.69, 9.17) is 0 Å². The highest BCUT2D eigenvalue weighted by molar-refractivity contribution is 4.99. The molecular formula is C11H25N3O. The van der Waals surface area contributed by atoms with Crippen LogP contribution in [0.15, 0.2) is 0 Å². The molecule has 1 saturated carbocycles. The average Bonchev–Trinajstić information content (AvgIpc) is 2.30. The summed E-state index contributed by atoms with van der Waals surface area (Å²) >= 11 is 0. The number of nitrogens with one attached hydrogen (secondary N) is 3. The molecule has 0 bridgehead atoms. The predicted octanol–water partition coefficient (Wildman–Crippen LogP) is -0.110. The summed E-state index contributed by atoms with van der Waals surface area (Å²) < 4.78 is 0. The summed E-state index contributed by atoms with van der Waals surface area (Å²) in [7, 11) is 5.88. The second kappa shape index (κ2) is 5.25. The van der Waals surface area contributed by atoms with Gasteiger partial charge in [-0.25, -0.2) is 0 Å². The van der Waals surface area contributed by atoms with Crippen LogP contribution >= 0.6 is 0 Å². The van der Waals surface area contributed by atoms with Crippen LogP contribution in [0.3, 0.4) is 0 Å². The first kappa shape index (κ1) is 12.9. The third-order valence-corrected chi connectivity index (χ3v) is 3.93. The number of aliphatic hydroxyl groups excluding tert-OH is 1. The Morgan fingerprint density at radius 1 is 1.20 bits per heavy atom. The van der Waals surface area contributed by atoms with Gasteiger partial charge in [0, 0.05) is 6.04 Å². The fraction of sp³-hybridized carbons (Fsp3) is 1.00. The Labute approximate surface area is 92.8 Å². The number of rotatable bonds is 4. The Bertz CT molecular complexity index is 178. The molecule has 0 amide bonds. The zero-order valence-electron chi connectivity index (χ0n) is 10.3. The lowest BCUT2D eigenvalue weighted by atomic mass is 9.75. The molecule has 0 aromatic rings. The number of hydrogen-bond donors (Lipinski definition) is 4. The molecule has 0 aromatic carbocycles. The van der Waals surface area contributed by atoms with Gasteiger partial charge in [-0.15, -0.1) is 0 Å². The van der Waals surface area contributed by atoms with Gasteiger partial charge in [0.25, 0.3) is 0 Å². The van der Waals surface area contributed by atoms with Crippen molar-refractivity contribution in [3.8, 4) is 0 Å². The van der Waals surface area contributed by atoms with E-state index in [2.05, 4.69) is 22.9 Å². The van der Waals surface area contributed by atoms with E-state index < -0.39 is 0 Å². The van der Waals surface area contributed by atoms with Crippen molar-refractivity contribution in [3.63, 3.8) is 0 Å². The summed E-state index contributed by atoms with van der Waals surface area (Å²) in [6.07, 6.45) is 2.68. The molecule has 0 radical (unpaired) electrons. The normalized spacial score (nSPS) is 35.4. The van der Waals surface area contributed by atoms with Crippen LogP contribution in [-0.4, -0.2) is 44.1 Å². The molecule has 90 valence electrons. The highest BCUT2D eigenvalue weighted by Gasteiger charge is 2.42. The lowest BCUT2D eigenvalue weighted by molar-refractivity contribution is -0.00789. The third-order valence-electron chi connectivity index (χ3n) is 3.93. The van der Waals surface area contributed by atoms with E-state index in [1.54, 1.807) is 0 Å². The van der Waals surface area contributed by atoms with Gasteiger partial charge in [-0.1, -0.05) is 13.3 Å². The van der Waals surface area contributed by atoms with Crippen molar-refractivity contribution in [2.75, 3.05) is 21.1 Å². The van der Waals surface area contributed by atoms with Gasteiger partial charge in [0.1, 0.15) is 0 Å². The Balaban J connectivity index is 2.79. The topological polar surface area (TPSA) is 56.3 Å². The molecule has 0 aliphatic heterocycles. The van der Waals surface area contributed by atoms with Gasteiger partial charge in [0.05, 0.1) is 11.8 Å². The first-order chi connectivity index (χ1) is 7.12. The highest BCUT2D eigenvalue weighted by atomic mass is 16.3. The zero-order chi connectivity index (χ0) is 11.5. The Morgan fingerprint density at radius 3 is 2.20 bits per heavy atom. The maximum atomic E-state index is 10.1. The van der Waals surface area contributed by atoms with Crippen LogP contribution in [0.4, 0.5) is 0 Å². The summed E-state index contributed by atoms with van der Waals surface area (Å²) in [5.41, 5.74) is -0.0341. The lowest BCUT2D eigenvalue weighted by Gasteiger charge is -2.47. The molecule has 1 rings (SSSR count). The molecule has 1 aliphatic carbocycles. The first-order valence-electron chi connectivity index (χ1n) is 5.85. The van der Waals surface area contributed by atoms with Crippen molar-refractivity contribution in [3.05, 3.63) is 0 Å². The van der Waals surface area contributed by atoms with E-state index in [1.807, 2.05) is 21.1 Å². The summed E-state index contributed by atoms with van der Waals surface area (Å²) in [4.78, 5) is 0. The zero-order valence-corrected chi connectivity index (χ0v) is 10.3. The largest absolute Gasteiger partial charge is 0.391 e. The van der Waals surface area contributed by atoms with Crippen molar-refractivity contribution < 1.29 is 5.11 Å². The second-order valence-electron chi connectivity index (χ2n) is 4.54. The smallest absolute Gasteiger partial charge is 0.0723 e. The SMILES string of the molecule is CCC1CC(NC)(NC)CC(NC)C1O. The number of hydrogen-bond acceptors (Lipinski definition) is 4. The Hall–Kier alpha value is -0.160. The Kier molecular flexibility index (Phi) is 4.52. The van der Waals surface area contributed by atoms with Crippen LogP contribution in [0.5, 0.6) is 0 Å². The van der Waals surface area contributed by atoms with Crippen LogP contribution in [0.2, 0.25) is 0 Å².